The van der Waals surface area contributed by atoms with Crippen LogP contribution in [0.5, 0.6) is 0 Å². The number of nitrogens with zero attached hydrogens (tertiary/aromatic N) is 2. The Kier molecular flexibility index (Phi) is 5.38. The molecule has 0 saturated carbocycles. The number of rotatable bonds is 4. The van der Waals surface area contributed by atoms with Gasteiger partial charge in [-0.2, -0.15) is 5.10 Å². The summed E-state index contributed by atoms with van der Waals surface area (Å²) >= 11 is 1.57. The highest BCUT2D eigenvalue weighted by molar-refractivity contribution is 7.11. The van der Waals surface area contributed by atoms with Gasteiger partial charge in [0.25, 0.3) is 5.91 Å². The van der Waals surface area contributed by atoms with Crippen molar-refractivity contribution >= 4 is 29.4 Å². The lowest BCUT2D eigenvalue weighted by Crippen LogP contribution is -2.42. The van der Waals surface area contributed by atoms with E-state index in [2.05, 4.69) is 10.5 Å². The first-order valence-corrected chi connectivity index (χ1v) is 8.83. The van der Waals surface area contributed by atoms with Crippen molar-refractivity contribution in [1.82, 2.24) is 10.3 Å². The third-order valence-electron chi connectivity index (χ3n) is 4.08. The van der Waals surface area contributed by atoms with Crippen molar-refractivity contribution in [2.45, 2.75) is 12.8 Å². The van der Waals surface area contributed by atoms with Crippen LogP contribution in [0.1, 0.15) is 28.1 Å². The first kappa shape index (κ1) is 16.4. The molecule has 1 aliphatic rings. The van der Waals surface area contributed by atoms with E-state index < -0.39 is 0 Å². The van der Waals surface area contributed by atoms with E-state index in [0.717, 1.165) is 4.88 Å². The predicted molar refractivity (Wildman–Crippen MR) is 95.1 cm³/mol. The van der Waals surface area contributed by atoms with Gasteiger partial charge < -0.3 is 4.90 Å². The molecule has 0 aliphatic carbocycles. The van der Waals surface area contributed by atoms with E-state index in [0.29, 0.717) is 31.5 Å². The summed E-state index contributed by atoms with van der Waals surface area (Å²) in [7, 11) is 0. The van der Waals surface area contributed by atoms with Gasteiger partial charge in [-0.1, -0.05) is 24.3 Å². The molecule has 0 atom stereocenters. The Bertz CT molecular complexity index is 705. The molecule has 1 aromatic heterocycles. The Hall–Kier alpha value is -2.47. The number of carbonyl (C=O) groups excluding carboxylic acids is 2. The second-order valence-electron chi connectivity index (χ2n) is 5.68. The molecule has 1 saturated heterocycles. The van der Waals surface area contributed by atoms with Gasteiger partial charge in [-0.25, -0.2) is 5.43 Å². The number of amides is 2. The van der Waals surface area contributed by atoms with Gasteiger partial charge in [-0.05, 0) is 36.4 Å². The molecule has 24 heavy (non-hydrogen) atoms. The molecule has 0 radical (unpaired) electrons. The minimum Gasteiger partial charge on any atom is -0.339 e. The van der Waals surface area contributed by atoms with Gasteiger partial charge in [0.15, 0.2) is 0 Å². The number of nitrogens with one attached hydrogen (secondary N) is 1. The highest BCUT2D eigenvalue weighted by Crippen LogP contribution is 2.19. The van der Waals surface area contributed by atoms with Crippen molar-refractivity contribution in [3.63, 3.8) is 0 Å². The van der Waals surface area contributed by atoms with Crippen molar-refractivity contribution in [1.29, 1.82) is 0 Å². The second kappa shape index (κ2) is 7.88. The standard InChI is InChI=1S/C18H19N3O2S/c22-17(20-19-13-16-7-4-12-24-16)14-8-10-21(11-9-14)18(23)15-5-2-1-3-6-15/h1-7,12-14H,8-11H2,(H,20,22)/b19-13-. The number of thiophene rings is 1. The molecular formula is C18H19N3O2S. The summed E-state index contributed by atoms with van der Waals surface area (Å²) in [6.45, 7) is 1.20. The summed E-state index contributed by atoms with van der Waals surface area (Å²) in [5, 5.41) is 5.96. The minimum absolute atomic E-state index is 0.0326. The van der Waals surface area contributed by atoms with Gasteiger partial charge >= 0.3 is 0 Å². The first-order valence-electron chi connectivity index (χ1n) is 7.95. The average Bonchev–Trinajstić information content (AvgIpc) is 3.15. The summed E-state index contributed by atoms with van der Waals surface area (Å²) in [6, 6.07) is 13.1. The quantitative estimate of drug-likeness (QED) is 0.686. The van der Waals surface area contributed by atoms with Gasteiger partial charge in [0, 0.05) is 29.4 Å². The van der Waals surface area contributed by atoms with Crippen LogP contribution in [0.2, 0.25) is 0 Å². The lowest BCUT2D eigenvalue weighted by molar-refractivity contribution is -0.126. The Balaban J connectivity index is 1.48. The zero-order valence-electron chi connectivity index (χ0n) is 13.2. The monoisotopic (exact) mass is 341 g/mol. The van der Waals surface area contributed by atoms with Gasteiger partial charge in [-0.15, -0.1) is 11.3 Å². The predicted octanol–water partition coefficient (Wildman–Crippen LogP) is 2.75. The zero-order valence-corrected chi connectivity index (χ0v) is 14.0. The maximum absolute atomic E-state index is 12.4. The normalized spacial score (nSPS) is 15.6. The van der Waals surface area contributed by atoms with Gasteiger partial charge in [0.2, 0.25) is 5.91 Å². The molecule has 2 aromatic rings. The van der Waals surface area contributed by atoms with Crippen molar-refractivity contribution in [2.24, 2.45) is 11.0 Å². The Morgan fingerprint density at radius 3 is 2.54 bits per heavy atom. The lowest BCUT2D eigenvalue weighted by Gasteiger charge is -2.31. The smallest absolute Gasteiger partial charge is 0.253 e. The molecule has 2 heterocycles. The zero-order chi connectivity index (χ0) is 16.8. The fourth-order valence-electron chi connectivity index (χ4n) is 2.72. The van der Waals surface area contributed by atoms with Crippen molar-refractivity contribution in [2.75, 3.05) is 13.1 Å². The lowest BCUT2D eigenvalue weighted by atomic mass is 9.95. The molecule has 124 valence electrons. The Labute approximate surface area is 145 Å². The van der Waals surface area contributed by atoms with Crippen molar-refractivity contribution in [3.8, 4) is 0 Å². The van der Waals surface area contributed by atoms with Crippen LogP contribution in [0.25, 0.3) is 0 Å². The minimum atomic E-state index is -0.0923. The van der Waals surface area contributed by atoms with Crippen LogP contribution >= 0.6 is 11.3 Å². The van der Waals surface area contributed by atoms with Crippen LogP contribution in [0.3, 0.4) is 0 Å². The van der Waals surface area contributed by atoms with Crippen molar-refractivity contribution < 1.29 is 9.59 Å². The Morgan fingerprint density at radius 2 is 1.88 bits per heavy atom. The molecule has 3 rings (SSSR count). The maximum atomic E-state index is 12.4. The SMILES string of the molecule is O=C(N/N=C\c1cccs1)C1CCN(C(=O)c2ccccc2)CC1. The number of hydrazone groups is 1. The first-order chi connectivity index (χ1) is 11.7. The number of carbonyl (C=O) groups is 2. The number of hydrogen-bond donors (Lipinski definition) is 1. The van der Waals surface area contributed by atoms with Gasteiger partial charge in [0.1, 0.15) is 0 Å². The fraction of sp³-hybridized carbons (Fsp3) is 0.278. The van der Waals surface area contributed by atoms with E-state index in [1.54, 1.807) is 17.6 Å². The summed E-state index contributed by atoms with van der Waals surface area (Å²) in [4.78, 5) is 27.3. The number of likely N-dealkylation sites (tertiary alicyclic amines) is 1. The molecule has 6 heteroatoms. The molecule has 5 nitrogen and oxygen atoms in total. The summed E-state index contributed by atoms with van der Waals surface area (Å²) in [5.74, 6) is -0.134. The molecule has 0 unspecified atom stereocenters. The largest absolute Gasteiger partial charge is 0.339 e. The third-order valence-corrected chi connectivity index (χ3v) is 4.89. The van der Waals surface area contributed by atoms with E-state index in [4.69, 9.17) is 0 Å². The van der Waals surface area contributed by atoms with Crippen LogP contribution in [0.4, 0.5) is 0 Å². The molecule has 1 aromatic carbocycles. The average molecular weight is 341 g/mol. The molecule has 2 amide bonds. The second-order valence-corrected chi connectivity index (χ2v) is 6.66. The van der Waals surface area contributed by atoms with Gasteiger partial charge in [-0.3, -0.25) is 9.59 Å². The number of benzene rings is 1. The third kappa shape index (κ3) is 4.08. The summed E-state index contributed by atoms with van der Waals surface area (Å²) in [6.07, 6.45) is 2.98. The maximum Gasteiger partial charge on any atom is 0.253 e. The molecule has 1 aliphatic heterocycles. The van der Waals surface area contributed by atoms with Crippen LogP contribution in [0.15, 0.2) is 52.9 Å². The summed E-state index contributed by atoms with van der Waals surface area (Å²) < 4.78 is 0. The molecule has 0 bridgehead atoms. The molecule has 1 N–H and O–H groups in total. The Morgan fingerprint density at radius 1 is 1.12 bits per heavy atom. The van der Waals surface area contributed by atoms with E-state index in [9.17, 15) is 9.59 Å². The van der Waals surface area contributed by atoms with E-state index in [1.165, 1.54) is 0 Å². The number of piperidine rings is 1. The topological polar surface area (TPSA) is 61.8 Å². The van der Waals surface area contributed by atoms with E-state index in [1.807, 2.05) is 52.7 Å². The van der Waals surface area contributed by atoms with E-state index in [-0.39, 0.29) is 17.7 Å². The number of hydrogen-bond acceptors (Lipinski definition) is 4. The van der Waals surface area contributed by atoms with Crippen LogP contribution in [-0.2, 0) is 4.79 Å². The van der Waals surface area contributed by atoms with E-state index >= 15 is 0 Å². The summed E-state index contributed by atoms with van der Waals surface area (Å²) in [5.41, 5.74) is 3.30. The molecule has 1 fully saturated rings. The molecule has 0 spiro atoms. The van der Waals surface area contributed by atoms with Crippen LogP contribution in [0, 0.1) is 5.92 Å². The highest BCUT2D eigenvalue weighted by Gasteiger charge is 2.27. The van der Waals surface area contributed by atoms with Gasteiger partial charge in [0.05, 0.1) is 6.21 Å². The van der Waals surface area contributed by atoms with Crippen molar-refractivity contribution in [3.05, 3.63) is 58.3 Å². The van der Waals surface area contributed by atoms with Crippen LogP contribution in [-0.4, -0.2) is 36.0 Å². The fourth-order valence-corrected chi connectivity index (χ4v) is 3.31. The van der Waals surface area contributed by atoms with Crippen LogP contribution < -0.4 is 5.43 Å². The highest BCUT2D eigenvalue weighted by atomic mass is 32.1. The molecular weight excluding hydrogens is 322 g/mol.